The van der Waals surface area contributed by atoms with E-state index < -0.39 is 5.82 Å². The molecule has 5 nitrogen and oxygen atoms in total. The van der Waals surface area contributed by atoms with Gasteiger partial charge in [0, 0.05) is 49.3 Å². The predicted octanol–water partition coefficient (Wildman–Crippen LogP) is 3.12. The van der Waals surface area contributed by atoms with Gasteiger partial charge in [-0.05, 0) is 43.4 Å². The number of carbonyl (C=O) groups excluding carboxylic acids is 1. The second kappa shape index (κ2) is 7.00. The molecule has 0 radical (unpaired) electrons. The van der Waals surface area contributed by atoms with Crippen molar-refractivity contribution in [3.63, 3.8) is 0 Å². The number of fused-ring (bicyclic) bond motifs is 1. The maximum absolute atomic E-state index is 14.6. The molecule has 0 bridgehead atoms. The second-order valence-corrected chi connectivity index (χ2v) is 6.80. The van der Waals surface area contributed by atoms with E-state index >= 15 is 0 Å². The lowest BCUT2D eigenvalue weighted by Gasteiger charge is -2.34. The zero-order valence-electron chi connectivity index (χ0n) is 14.9. The van der Waals surface area contributed by atoms with E-state index in [-0.39, 0.29) is 11.7 Å². The molecule has 0 unspecified atom stereocenters. The van der Waals surface area contributed by atoms with E-state index in [0.29, 0.717) is 28.2 Å². The third kappa shape index (κ3) is 3.50. The van der Waals surface area contributed by atoms with Crippen LogP contribution in [0.1, 0.15) is 5.56 Å². The van der Waals surface area contributed by atoms with Gasteiger partial charge in [0.05, 0.1) is 11.3 Å². The third-order valence-electron chi connectivity index (χ3n) is 4.94. The average molecular weight is 370 g/mol. The summed E-state index contributed by atoms with van der Waals surface area (Å²) in [6.45, 7) is 3.37. The molecule has 2 aromatic rings. The van der Waals surface area contributed by atoms with Crippen molar-refractivity contribution in [3.8, 4) is 0 Å². The fraction of sp³-hybridized carbons (Fsp3) is 0.250. The Morgan fingerprint density at radius 3 is 2.59 bits per heavy atom. The Bertz CT molecular complexity index is 920. The van der Waals surface area contributed by atoms with Crippen LogP contribution in [-0.2, 0) is 4.79 Å². The molecule has 0 aliphatic carbocycles. The summed E-state index contributed by atoms with van der Waals surface area (Å²) in [5.74, 6) is -1.05. The lowest BCUT2D eigenvalue weighted by Crippen LogP contribution is -2.44. The summed E-state index contributed by atoms with van der Waals surface area (Å²) in [5.41, 5.74) is 2.46. The van der Waals surface area contributed by atoms with Crippen LogP contribution in [0, 0.1) is 11.6 Å². The lowest BCUT2D eigenvalue weighted by molar-refractivity contribution is -0.110. The zero-order valence-corrected chi connectivity index (χ0v) is 14.9. The Hall–Kier alpha value is -2.93. The number of nitrogens with one attached hydrogen (secondary N) is 2. The maximum atomic E-state index is 14.6. The molecule has 140 valence electrons. The van der Waals surface area contributed by atoms with E-state index in [4.69, 9.17) is 0 Å². The van der Waals surface area contributed by atoms with Crippen LogP contribution in [0.15, 0.2) is 42.6 Å². The molecule has 2 aliphatic rings. The first-order chi connectivity index (χ1) is 13.0. The number of hydrogen-bond donors (Lipinski definition) is 2. The molecule has 1 fully saturated rings. The molecule has 0 aromatic heterocycles. The number of carbonyl (C=O) groups is 1. The highest BCUT2D eigenvalue weighted by molar-refractivity contribution is 6.31. The Morgan fingerprint density at radius 1 is 1.07 bits per heavy atom. The molecule has 0 saturated carbocycles. The van der Waals surface area contributed by atoms with Crippen molar-refractivity contribution in [1.29, 1.82) is 0 Å². The number of benzene rings is 2. The number of halogens is 2. The molecule has 0 spiro atoms. The summed E-state index contributed by atoms with van der Waals surface area (Å²) in [6.07, 6.45) is 1.48. The molecular formula is C20H20F2N4O. The molecule has 0 atom stereocenters. The lowest BCUT2D eigenvalue weighted by atomic mass is 10.1. The van der Waals surface area contributed by atoms with Crippen LogP contribution in [0.3, 0.4) is 0 Å². The Kier molecular flexibility index (Phi) is 4.53. The van der Waals surface area contributed by atoms with E-state index in [2.05, 4.69) is 22.6 Å². The number of nitrogens with zero attached hydrogens (tertiary/aromatic N) is 2. The molecule has 1 amide bonds. The van der Waals surface area contributed by atoms with Gasteiger partial charge in [-0.3, -0.25) is 4.79 Å². The fourth-order valence-electron chi connectivity index (χ4n) is 3.36. The highest BCUT2D eigenvalue weighted by atomic mass is 19.1. The van der Waals surface area contributed by atoms with Crippen LogP contribution in [0.4, 0.5) is 25.8 Å². The number of anilines is 3. The van der Waals surface area contributed by atoms with Gasteiger partial charge in [0.2, 0.25) is 0 Å². The van der Waals surface area contributed by atoms with Crippen LogP contribution < -0.4 is 15.5 Å². The SMILES string of the molecule is CN1CCN(c2ccc(NC=C3C(=O)Nc4ccc(F)cc43)cc2F)CC1. The predicted molar refractivity (Wildman–Crippen MR) is 103 cm³/mol. The van der Waals surface area contributed by atoms with Crippen LogP contribution in [0.2, 0.25) is 0 Å². The minimum absolute atomic E-state index is 0.313. The van der Waals surface area contributed by atoms with Crippen LogP contribution in [-0.4, -0.2) is 44.0 Å². The highest BCUT2D eigenvalue weighted by Crippen LogP contribution is 2.32. The minimum Gasteiger partial charge on any atom is -0.367 e. The van der Waals surface area contributed by atoms with Gasteiger partial charge in [-0.15, -0.1) is 0 Å². The van der Waals surface area contributed by atoms with Gasteiger partial charge >= 0.3 is 0 Å². The second-order valence-electron chi connectivity index (χ2n) is 6.80. The molecular weight excluding hydrogens is 350 g/mol. The number of hydrogen-bond acceptors (Lipinski definition) is 4. The van der Waals surface area contributed by atoms with Gasteiger partial charge in [-0.25, -0.2) is 8.78 Å². The first-order valence-electron chi connectivity index (χ1n) is 8.82. The Balaban J connectivity index is 1.52. The molecule has 2 heterocycles. The molecule has 4 rings (SSSR count). The number of rotatable bonds is 3. The van der Waals surface area contributed by atoms with Crippen molar-refractivity contribution < 1.29 is 13.6 Å². The standard InChI is InChI=1S/C20H20F2N4O/c1-25-6-8-26(9-7-25)19-5-3-14(11-17(19)22)23-12-16-15-10-13(21)2-4-18(15)24-20(16)27/h2-5,10-12,23H,6-9H2,1H3,(H,24,27). The monoisotopic (exact) mass is 370 g/mol. The van der Waals surface area contributed by atoms with E-state index in [1.807, 2.05) is 4.90 Å². The van der Waals surface area contributed by atoms with Gasteiger partial charge in [0.1, 0.15) is 11.6 Å². The minimum atomic E-state index is -0.418. The summed E-state index contributed by atoms with van der Waals surface area (Å²) in [6, 6.07) is 9.04. The first kappa shape index (κ1) is 17.5. The van der Waals surface area contributed by atoms with Crippen molar-refractivity contribution in [2.24, 2.45) is 0 Å². The molecule has 2 N–H and O–H groups in total. The zero-order chi connectivity index (χ0) is 19.0. The van der Waals surface area contributed by atoms with Gasteiger partial charge in [-0.1, -0.05) is 0 Å². The van der Waals surface area contributed by atoms with Crippen LogP contribution in [0.5, 0.6) is 0 Å². The number of amides is 1. The summed E-state index contributed by atoms with van der Waals surface area (Å²) in [4.78, 5) is 16.3. The van der Waals surface area contributed by atoms with Crippen molar-refractivity contribution in [2.75, 3.05) is 48.8 Å². The van der Waals surface area contributed by atoms with Gasteiger partial charge in [0.15, 0.2) is 0 Å². The van der Waals surface area contributed by atoms with Crippen molar-refractivity contribution in [2.45, 2.75) is 0 Å². The Labute approximate surface area is 156 Å². The van der Waals surface area contributed by atoms with Crippen molar-refractivity contribution in [3.05, 3.63) is 59.8 Å². The molecule has 2 aromatic carbocycles. The van der Waals surface area contributed by atoms with Gasteiger partial charge in [0.25, 0.3) is 5.91 Å². The Morgan fingerprint density at radius 2 is 1.85 bits per heavy atom. The van der Waals surface area contributed by atoms with Gasteiger partial charge < -0.3 is 20.4 Å². The third-order valence-corrected chi connectivity index (χ3v) is 4.94. The van der Waals surface area contributed by atoms with Gasteiger partial charge in [-0.2, -0.15) is 0 Å². The number of piperazine rings is 1. The maximum Gasteiger partial charge on any atom is 0.257 e. The van der Waals surface area contributed by atoms with E-state index in [1.165, 1.54) is 30.5 Å². The smallest absolute Gasteiger partial charge is 0.257 e. The summed E-state index contributed by atoms with van der Waals surface area (Å²) >= 11 is 0. The topological polar surface area (TPSA) is 47.6 Å². The molecule has 2 aliphatic heterocycles. The highest BCUT2D eigenvalue weighted by Gasteiger charge is 2.24. The fourth-order valence-corrected chi connectivity index (χ4v) is 3.36. The van der Waals surface area contributed by atoms with Crippen molar-refractivity contribution >= 4 is 28.5 Å². The summed E-state index contributed by atoms with van der Waals surface area (Å²) < 4.78 is 28.0. The summed E-state index contributed by atoms with van der Waals surface area (Å²) in [7, 11) is 2.05. The van der Waals surface area contributed by atoms with Crippen molar-refractivity contribution in [1.82, 2.24) is 4.90 Å². The van der Waals surface area contributed by atoms with E-state index in [9.17, 15) is 13.6 Å². The molecule has 27 heavy (non-hydrogen) atoms. The normalized spacial score (nSPS) is 18.6. The average Bonchev–Trinajstić information content (AvgIpc) is 2.95. The molecule has 1 saturated heterocycles. The van der Waals surface area contributed by atoms with E-state index in [0.717, 1.165) is 26.2 Å². The van der Waals surface area contributed by atoms with Crippen LogP contribution in [0.25, 0.3) is 5.57 Å². The quantitative estimate of drug-likeness (QED) is 0.815. The van der Waals surface area contributed by atoms with Crippen LogP contribution >= 0.6 is 0 Å². The first-order valence-corrected chi connectivity index (χ1v) is 8.82. The number of likely N-dealkylation sites (N-methyl/N-ethyl adjacent to an activating group) is 1. The molecule has 7 heteroatoms. The largest absolute Gasteiger partial charge is 0.367 e. The van der Waals surface area contributed by atoms with E-state index in [1.54, 1.807) is 12.1 Å². The summed E-state index contributed by atoms with van der Waals surface area (Å²) in [5, 5.41) is 5.62.